The lowest BCUT2D eigenvalue weighted by atomic mass is 10.2. The molecular weight excluding hydrogens is 349 g/mol. The van der Waals surface area contributed by atoms with Crippen molar-refractivity contribution in [2.24, 2.45) is 0 Å². The number of rotatable bonds is 5. The van der Waals surface area contributed by atoms with Crippen molar-refractivity contribution in [1.82, 2.24) is 24.9 Å². The zero-order chi connectivity index (χ0) is 18.8. The van der Waals surface area contributed by atoms with Gasteiger partial charge in [-0.25, -0.2) is 14.4 Å². The minimum absolute atomic E-state index is 0.221. The highest BCUT2D eigenvalue weighted by molar-refractivity contribution is 5.67. The highest BCUT2D eigenvalue weighted by atomic mass is 19.1. The van der Waals surface area contributed by atoms with Gasteiger partial charge in [-0.2, -0.15) is 5.10 Å². The minimum atomic E-state index is -0.306. The van der Waals surface area contributed by atoms with Gasteiger partial charge in [-0.1, -0.05) is 23.4 Å². The van der Waals surface area contributed by atoms with Crippen LogP contribution in [0, 0.1) is 5.82 Å². The fourth-order valence-corrected chi connectivity index (χ4v) is 2.70. The maximum atomic E-state index is 14.1. The average molecular weight is 365 g/mol. The number of hydrogen-bond acceptors (Lipinski definition) is 7. The molecule has 0 spiro atoms. The fourth-order valence-electron chi connectivity index (χ4n) is 2.70. The van der Waals surface area contributed by atoms with E-state index in [2.05, 4.69) is 25.5 Å². The third kappa shape index (κ3) is 3.22. The van der Waals surface area contributed by atoms with E-state index in [1.54, 1.807) is 48.3 Å². The standard InChI is InChI=1S/C18H16FN7O/c1-21-15-9-22-18(23-17(15)20)14-8-16(13-6-7-27-25-13)26(24-14)10-11-4-2-3-5-12(11)19/h2-9,21H,10H2,1H3,(H2,20,22,23). The molecule has 0 radical (unpaired) electrons. The molecule has 0 amide bonds. The van der Waals surface area contributed by atoms with Crippen LogP contribution in [0.15, 0.2) is 53.4 Å². The van der Waals surface area contributed by atoms with Crippen molar-refractivity contribution in [3.8, 4) is 22.9 Å². The van der Waals surface area contributed by atoms with Crippen molar-refractivity contribution in [2.75, 3.05) is 18.1 Å². The van der Waals surface area contributed by atoms with Gasteiger partial charge in [-0.05, 0) is 12.1 Å². The van der Waals surface area contributed by atoms with Gasteiger partial charge >= 0.3 is 0 Å². The molecule has 4 rings (SSSR count). The first-order chi connectivity index (χ1) is 13.2. The van der Waals surface area contributed by atoms with Gasteiger partial charge in [0.1, 0.15) is 23.5 Å². The molecule has 3 heterocycles. The third-order valence-electron chi connectivity index (χ3n) is 4.07. The molecule has 0 aliphatic heterocycles. The summed E-state index contributed by atoms with van der Waals surface area (Å²) in [4.78, 5) is 8.58. The zero-order valence-electron chi connectivity index (χ0n) is 14.4. The van der Waals surface area contributed by atoms with Crippen molar-refractivity contribution >= 4 is 11.5 Å². The van der Waals surface area contributed by atoms with Crippen LogP contribution in [0.1, 0.15) is 5.56 Å². The summed E-state index contributed by atoms with van der Waals surface area (Å²) in [5.74, 6) is 0.372. The largest absolute Gasteiger partial charge is 0.384 e. The van der Waals surface area contributed by atoms with Crippen molar-refractivity contribution in [1.29, 1.82) is 0 Å². The normalized spacial score (nSPS) is 10.9. The summed E-state index contributed by atoms with van der Waals surface area (Å²) in [6.07, 6.45) is 3.05. The van der Waals surface area contributed by atoms with E-state index in [0.29, 0.717) is 40.0 Å². The Morgan fingerprint density at radius 3 is 2.78 bits per heavy atom. The number of nitrogen functional groups attached to an aromatic ring is 1. The molecule has 0 atom stereocenters. The Labute approximate surface area is 153 Å². The Morgan fingerprint density at radius 1 is 1.22 bits per heavy atom. The molecule has 0 aliphatic carbocycles. The average Bonchev–Trinajstić information content (AvgIpc) is 3.33. The van der Waals surface area contributed by atoms with Gasteiger partial charge in [-0.3, -0.25) is 4.68 Å². The first-order valence-electron chi connectivity index (χ1n) is 8.18. The first-order valence-corrected chi connectivity index (χ1v) is 8.18. The van der Waals surface area contributed by atoms with Gasteiger partial charge in [0.2, 0.25) is 0 Å². The van der Waals surface area contributed by atoms with Gasteiger partial charge < -0.3 is 15.6 Å². The van der Waals surface area contributed by atoms with Crippen LogP contribution in [0.4, 0.5) is 15.9 Å². The topological polar surface area (TPSA) is 108 Å². The number of nitrogens with one attached hydrogen (secondary N) is 1. The number of nitrogens with zero attached hydrogens (tertiary/aromatic N) is 5. The smallest absolute Gasteiger partial charge is 0.182 e. The Bertz CT molecular complexity index is 1080. The molecule has 0 unspecified atom stereocenters. The first kappa shape index (κ1) is 16.7. The molecule has 9 heteroatoms. The maximum absolute atomic E-state index is 14.1. The van der Waals surface area contributed by atoms with Crippen LogP contribution in [0.25, 0.3) is 22.9 Å². The van der Waals surface area contributed by atoms with Crippen molar-refractivity contribution in [3.63, 3.8) is 0 Å². The van der Waals surface area contributed by atoms with Crippen LogP contribution in [0.3, 0.4) is 0 Å². The fraction of sp³-hybridized carbons (Fsp3) is 0.111. The van der Waals surface area contributed by atoms with E-state index in [4.69, 9.17) is 10.3 Å². The van der Waals surface area contributed by atoms with E-state index < -0.39 is 0 Å². The molecular formula is C18H16FN7O. The van der Waals surface area contributed by atoms with Gasteiger partial charge in [-0.15, -0.1) is 0 Å². The van der Waals surface area contributed by atoms with Gasteiger partial charge in [0, 0.05) is 18.7 Å². The molecule has 0 saturated heterocycles. The summed E-state index contributed by atoms with van der Waals surface area (Å²) in [6, 6.07) is 10.0. The molecule has 0 aliphatic rings. The molecule has 8 nitrogen and oxygen atoms in total. The van der Waals surface area contributed by atoms with Crippen molar-refractivity contribution < 1.29 is 8.91 Å². The molecule has 0 bridgehead atoms. The van der Waals surface area contributed by atoms with Crippen molar-refractivity contribution in [2.45, 2.75) is 6.54 Å². The number of halogens is 1. The number of aromatic nitrogens is 5. The lowest BCUT2D eigenvalue weighted by molar-refractivity contribution is 0.421. The summed E-state index contributed by atoms with van der Waals surface area (Å²) in [7, 11) is 1.74. The second-order valence-corrected chi connectivity index (χ2v) is 5.79. The van der Waals surface area contributed by atoms with E-state index in [1.165, 1.54) is 12.3 Å². The van der Waals surface area contributed by atoms with Crippen LogP contribution in [-0.4, -0.2) is 32.0 Å². The highest BCUT2D eigenvalue weighted by Crippen LogP contribution is 2.26. The van der Waals surface area contributed by atoms with E-state index in [1.807, 2.05) is 0 Å². The quantitative estimate of drug-likeness (QED) is 0.560. The Balaban J connectivity index is 1.78. The van der Waals surface area contributed by atoms with E-state index in [-0.39, 0.29) is 12.4 Å². The molecule has 136 valence electrons. The van der Waals surface area contributed by atoms with Crippen LogP contribution < -0.4 is 11.1 Å². The molecule has 0 saturated carbocycles. The van der Waals surface area contributed by atoms with Crippen LogP contribution in [0.5, 0.6) is 0 Å². The van der Waals surface area contributed by atoms with Crippen LogP contribution >= 0.6 is 0 Å². The molecule has 1 aromatic carbocycles. The maximum Gasteiger partial charge on any atom is 0.182 e. The van der Waals surface area contributed by atoms with Gasteiger partial charge in [0.25, 0.3) is 0 Å². The monoisotopic (exact) mass is 365 g/mol. The lowest BCUT2D eigenvalue weighted by Gasteiger charge is -2.06. The van der Waals surface area contributed by atoms with E-state index in [9.17, 15) is 4.39 Å². The Morgan fingerprint density at radius 2 is 2.07 bits per heavy atom. The Hall–Kier alpha value is -3.75. The van der Waals surface area contributed by atoms with Gasteiger partial charge in [0.05, 0.1) is 24.1 Å². The molecule has 27 heavy (non-hydrogen) atoms. The van der Waals surface area contributed by atoms with Crippen molar-refractivity contribution in [3.05, 3.63) is 60.2 Å². The zero-order valence-corrected chi connectivity index (χ0v) is 14.4. The van der Waals surface area contributed by atoms with Crippen LogP contribution in [0.2, 0.25) is 0 Å². The highest BCUT2D eigenvalue weighted by Gasteiger charge is 2.17. The summed E-state index contributed by atoms with van der Waals surface area (Å²) >= 11 is 0. The minimum Gasteiger partial charge on any atom is -0.384 e. The summed E-state index contributed by atoms with van der Waals surface area (Å²) in [5.41, 5.74) is 8.78. The van der Waals surface area contributed by atoms with E-state index in [0.717, 1.165) is 0 Å². The SMILES string of the molecule is CNc1cnc(-c2cc(-c3ccon3)n(Cc3ccccc3F)n2)nc1N. The number of anilines is 2. The molecule has 3 N–H and O–H groups in total. The predicted molar refractivity (Wildman–Crippen MR) is 98.2 cm³/mol. The Kier molecular flexibility index (Phi) is 4.25. The summed E-state index contributed by atoms with van der Waals surface area (Å²) < 4.78 is 20.7. The lowest BCUT2D eigenvalue weighted by Crippen LogP contribution is -2.06. The second-order valence-electron chi connectivity index (χ2n) is 5.79. The molecule has 4 aromatic rings. The third-order valence-corrected chi connectivity index (χ3v) is 4.07. The molecule has 0 fully saturated rings. The second kappa shape index (κ2) is 6.87. The van der Waals surface area contributed by atoms with E-state index >= 15 is 0 Å². The van der Waals surface area contributed by atoms with Gasteiger partial charge in [0.15, 0.2) is 11.6 Å². The number of nitrogens with two attached hydrogens (primary N) is 1. The summed E-state index contributed by atoms with van der Waals surface area (Å²) in [6.45, 7) is 0.221. The number of hydrogen-bond donors (Lipinski definition) is 2. The predicted octanol–water partition coefficient (Wildman–Crippen LogP) is 2.81. The van der Waals surface area contributed by atoms with Crippen LogP contribution in [-0.2, 0) is 6.54 Å². The summed E-state index contributed by atoms with van der Waals surface area (Å²) in [5, 5.41) is 11.4. The number of benzene rings is 1. The molecule has 3 aromatic heterocycles.